The van der Waals surface area contributed by atoms with Crippen LogP contribution in [0.25, 0.3) is 0 Å². The number of aliphatic imine (C=N–C) groups is 1. The average molecular weight is 571 g/mol. The van der Waals surface area contributed by atoms with E-state index in [2.05, 4.69) is 36.9 Å². The van der Waals surface area contributed by atoms with E-state index in [1.807, 2.05) is 32.0 Å². The summed E-state index contributed by atoms with van der Waals surface area (Å²) in [4.78, 5) is 16.6. The number of halogens is 2. The molecule has 0 aliphatic rings. The van der Waals surface area contributed by atoms with Gasteiger partial charge in [-0.2, -0.15) is 0 Å². The molecule has 1 aromatic carbocycles. The summed E-state index contributed by atoms with van der Waals surface area (Å²) >= 11 is 3.42. The van der Waals surface area contributed by atoms with Gasteiger partial charge < -0.3 is 25.4 Å². The van der Waals surface area contributed by atoms with Crippen LogP contribution in [0, 0.1) is 6.92 Å². The fourth-order valence-corrected chi connectivity index (χ4v) is 2.69. The van der Waals surface area contributed by atoms with Gasteiger partial charge in [0.1, 0.15) is 0 Å². The first kappa shape index (κ1) is 27.1. The predicted molar refractivity (Wildman–Crippen MR) is 129 cm³/mol. The highest BCUT2D eigenvalue weighted by atomic mass is 127. The van der Waals surface area contributed by atoms with Crippen molar-refractivity contribution in [3.63, 3.8) is 0 Å². The first-order valence-corrected chi connectivity index (χ1v) is 10.0. The molecule has 9 heteroatoms. The molecule has 0 saturated heterocycles. The van der Waals surface area contributed by atoms with Crippen molar-refractivity contribution < 1.29 is 14.3 Å². The van der Waals surface area contributed by atoms with E-state index < -0.39 is 0 Å². The molecule has 0 heterocycles. The van der Waals surface area contributed by atoms with Gasteiger partial charge in [-0.15, -0.1) is 24.0 Å². The van der Waals surface area contributed by atoms with E-state index in [9.17, 15) is 4.79 Å². The summed E-state index contributed by atoms with van der Waals surface area (Å²) in [6.07, 6.45) is 1.20. The number of anilines is 1. The molecule has 0 radical (unpaired) electrons. The van der Waals surface area contributed by atoms with Crippen molar-refractivity contribution in [1.29, 1.82) is 0 Å². The minimum absolute atomic E-state index is 0. The van der Waals surface area contributed by atoms with Crippen LogP contribution in [0.3, 0.4) is 0 Å². The number of methoxy groups -OCH3 is 1. The Morgan fingerprint density at radius 2 is 2.00 bits per heavy atom. The smallest absolute Gasteiger partial charge is 0.226 e. The summed E-state index contributed by atoms with van der Waals surface area (Å²) in [5, 5.41) is 9.29. The molecule has 3 N–H and O–H groups in total. The van der Waals surface area contributed by atoms with Gasteiger partial charge in [-0.1, -0.05) is 15.9 Å². The van der Waals surface area contributed by atoms with Crippen molar-refractivity contribution in [3.05, 3.63) is 28.2 Å². The Bertz CT molecular complexity index is 603. The van der Waals surface area contributed by atoms with Gasteiger partial charge in [0.15, 0.2) is 5.96 Å². The number of nitrogens with one attached hydrogen (secondary N) is 3. The Labute approximate surface area is 193 Å². The molecule has 1 aromatic rings. The van der Waals surface area contributed by atoms with E-state index >= 15 is 0 Å². The molecule has 0 fully saturated rings. The van der Waals surface area contributed by atoms with Crippen LogP contribution < -0.4 is 16.0 Å². The van der Waals surface area contributed by atoms with Crippen molar-refractivity contribution in [1.82, 2.24) is 10.6 Å². The van der Waals surface area contributed by atoms with E-state index in [1.54, 1.807) is 7.11 Å². The van der Waals surface area contributed by atoms with Crippen LogP contribution in [0.4, 0.5) is 5.69 Å². The third kappa shape index (κ3) is 12.5. The van der Waals surface area contributed by atoms with Crippen LogP contribution >= 0.6 is 39.9 Å². The highest BCUT2D eigenvalue weighted by Gasteiger charge is 2.06. The molecule has 0 atom stereocenters. The first-order valence-electron chi connectivity index (χ1n) is 9.21. The van der Waals surface area contributed by atoms with Crippen LogP contribution in [0.15, 0.2) is 27.7 Å². The van der Waals surface area contributed by atoms with Crippen LogP contribution in [0.5, 0.6) is 0 Å². The Kier molecular flexibility index (Phi) is 16.4. The van der Waals surface area contributed by atoms with E-state index in [-0.39, 0.29) is 29.9 Å². The molecule has 0 unspecified atom stereocenters. The van der Waals surface area contributed by atoms with E-state index in [1.165, 1.54) is 0 Å². The number of ether oxygens (including phenoxy) is 2. The summed E-state index contributed by atoms with van der Waals surface area (Å²) in [6, 6.07) is 5.78. The topological polar surface area (TPSA) is 84.0 Å². The Morgan fingerprint density at radius 3 is 2.68 bits per heavy atom. The highest BCUT2D eigenvalue weighted by Crippen LogP contribution is 2.19. The zero-order chi connectivity index (χ0) is 19.9. The summed E-state index contributed by atoms with van der Waals surface area (Å²) in [5.41, 5.74) is 1.85. The number of carbonyl (C=O) groups is 1. The van der Waals surface area contributed by atoms with Crippen molar-refractivity contribution in [2.45, 2.75) is 26.7 Å². The largest absolute Gasteiger partial charge is 0.382 e. The van der Waals surface area contributed by atoms with Gasteiger partial charge in [-0.05, 0) is 44.0 Å². The number of rotatable bonds is 12. The number of nitrogens with zero attached hydrogens (tertiary/aromatic N) is 1. The van der Waals surface area contributed by atoms with E-state index in [0.29, 0.717) is 45.3 Å². The van der Waals surface area contributed by atoms with Crippen molar-refractivity contribution >= 4 is 57.5 Å². The Hall–Kier alpha value is -0.910. The second-order valence-electron chi connectivity index (χ2n) is 5.90. The monoisotopic (exact) mass is 570 g/mol. The maximum absolute atomic E-state index is 12.1. The first-order chi connectivity index (χ1) is 13.1. The van der Waals surface area contributed by atoms with Gasteiger partial charge in [0.05, 0.1) is 13.2 Å². The lowest BCUT2D eigenvalue weighted by atomic mass is 10.2. The highest BCUT2D eigenvalue weighted by molar-refractivity contribution is 14.0. The zero-order valence-electron chi connectivity index (χ0n) is 16.8. The van der Waals surface area contributed by atoms with Crippen LogP contribution in [-0.2, 0) is 14.3 Å². The Morgan fingerprint density at radius 1 is 1.21 bits per heavy atom. The summed E-state index contributed by atoms with van der Waals surface area (Å²) < 4.78 is 11.3. The lowest BCUT2D eigenvalue weighted by Gasteiger charge is -2.12. The summed E-state index contributed by atoms with van der Waals surface area (Å²) in [5.74, 6) is 0.678. The fraction of sp³-hybridized carbons (Fsp3) is 0.579. The number of guanidine groups is 1. The molecule has 0 bridgehead atoms. The molecule has 28 heavy (non-hydrogen) atoms. The number of carbonyl (C=O) groups excluding carboxylic acids is 1. The van der Waals surface area contributed by atoms with Gasteiger partial charge in [-0.25, -0.2) is 0 Å². The number of aryl methyl sites for hydroxylation is 1. The molecule has 1 amide bonds. The maximum Gasteiger partial charge on any atom is 0.226 e. The van der Waals surface area contributed by atoms with Gasteiger partial charge in [0.2, 0.25) is 5.91 Å². The quantitative estimate of drug-likeness (QED) is 0.155. The fourth-order valence-electron chi connectivity index (χ4n) is 2.22. The molecular formula is C19H32BrIN4O3. The van der Waals surface area contributed by atoms with E-state index in [4.69, 9.17) is 9.47 Å². The lowest BCUT2D eigenvalue weighted by Crippen LogP contribution is -2.38. The van der Waals surface area contributed by atoms with E-state index in [0.717, 1.165) is 28.7 Å². The number of benzene rings is 1. The number of amides is 1. The maximum atomic E-state index is 12.1. The third-order valence-corrected chi connectivity index (χ3v) is 4.09. The molecule has 7 nitrogen and oxygen atoms in total. The molecule has 160 valence electrons. The summed E-state index contributed by atoms with van der Waals surface area (Å²) in [6.45, 7) is 7.77. The van der Waals surface area contributed by atoms with Gasteiger partial charge in [-0.3, -0.25) is 9.79 Å². The molecule has 1 rings (SSSR count). The lowest BCUT2D eigenvalue weighted by molar-refractivity contribution is -0.116. The molecule has 0 saturated carbocycles. The van der Waals surface area contributed by atoms with Crippen LogP contribution in [-0.4, -0.2) is 58.4 Å². The number of hydrogen-bond donors (Lipinski definition) is 3. The molecular weight excluding hydrogens is 539 g/mol. The SMILES string of the molecule is CCNC(=NCCCOCCOC)NCCC(=O)Nc1ccc(Br)cc1C.I. The average Bonchev–Trinajstić information content (AvgIpc) is 2.63. The minimum Gasteiger partial charge on any atom is -0.382 e. The molecule has 0 aliphatic heterocycles. The summed E-state index contributed by atoms with van der Waals surface area (Å²) in [7, 11) is 1.66. The second-order valence-corrected chi connectivity index (χ2v) is 6.82. The van der Waals surface area contributed by atoms with Crippen molar-refractivity contribution in [2.75, 3.05) is 51.9 Å². The van der Waals surface area contributed by atoms with Crippen LogP contribution in [0.1, 0.15) is 25.3 Å². The van der Waals surface area contributed by atoms with Crippen molar-refractivity contribution in [2.24, 2.45) is 4.99 Å². The molecule has 0 aromatic heterocycles. The zero-order valence-corrected chi connectivity index (χ0v) is 20.8. The molecule has 0 spiro atoms. The Balaban J connectivity index is 0.00000729. The van der Waals surface area contributed by atoms with Gasteiger partial charge in [0, 0.05) is 49.9 Å². The van der Waals surface area contributed by atoms with Crippen molar-refractivity contribution in [3.8, 4) is 0 Å². The minimum atomic E-state index is -0.0321. The standard InChI is InChI=1S/C19H31BrN4O3.HI/c1-4-21-19(22-9-5-11-27-13-12-26-3)23-10-8-18(25)24-17-7-6-16(20)14-15(17)2;/h6-7,14H,4-5,8-13H2,1-3H3,(H,24,25)(H2,21,22,23);1H. The normalized spacial score (nSPS) is 10.9. The van der Waals surface area contributed by atoms with Gasteiger partial charge >= 0.3 is 0 Å². The van der Waals surface area contributed by atoms with Crippen LogP contribution in [0.2, 0.25) is 0 Å². The second kappa shape index (κ2) is 17.0. The third-order valence-electron chi connectivity index (χ3n) is 3.60. The predicted octanol–water partition coefficient (Wildman–Crippen LogP) is 3.31. The molecule has 0 aliphatic carbocycles. The van der Waals surface area contributed by atoms with Gasteiger partial charge in [0.25, 0.3) is 0 Å². The number of hydrogen-bond acceptors (Lipinski definition) is 4.